The Balaban J connectivity index is 2.39. The van der Waals surface area contributed by atoms with Crippen molar-refractivity contribution in [2.24, 2.45) is 5.41 Å². The van der Waals surface area contributed by atoms with Gasteiger partial charge in [0, 0.05) is 6.42 Å². The van der Waals surface area contributed by atoms with Crippen LogP contribution in [0.1, 0.15) is 26.2 Å². The summed E-state index contributed by atoms with van der Waals surface area (Å²) in [5.41, 5.74) is -0.845. The zero-order valence-corrected chi connectivity index (χ0v) is 6.70. The van der Waals surface area contributed by atoms with E-state index in [0.29, 0.717) is 12.8 Å². The van der Waals surface area contributed by atoms with Crippen LogP contribution in [0.15, 0.2) is 0 Å². The van der Waals surface area contributed by atoms with E-state index in [0.717, 1.165) is 6.42 Å². The normalized spacial score (nSPS) is 46.0. The summed E-state index contributed by atoms with van der Waals surface area (Å²) in [7, 11) is 0. The maximum absolute atomic E-state index is 11.2. The summed E-state index contributed by atoms with van der Waals surface area (Å²) < 4.78 is 0. The lowest BCUT2D eigenvalue weighted by atomic mass is 9.84. The second kappa shape index (κ2) is 2.18. The molecule has 0 radical (unpaired) electrons. The van der Waals surface area contributed by atoms with E-state index in [1.54, 1.807) is 6.92 Å². The highest BCUT2D eigenvalue weighted by molar-refractivity contribution is 5.79. The predicted molar refractivity (Wildman–Crippen MR) is 35.6 cm³/mol. The molecule has 0 aromatic heterocycles. The maximum atomic E-state index is 11.2. The monoisotopic (exact) mass is 174 g/mol. The first kappa shape index (κ1) is 7.97. The molecule has 1 saturated heterocycles. The Kier molecular flexibility index (Phi) is 1.45. The molecule has 1 aliphatic carbocycles. The van der Waals surface area contributed by atoms with E-state index in [2.05, 4.69) is 9.78 Å². The van der Waals surface area contributed by atoms with Gasteiger partial charge in [-0.1, -0.05) is 0 Å². The van der Waals surface area contributed by atoms with Gasteiger partial charge >= 0.3 is 5.97 Å². The standard InChI is InChI=1S/C7H10O5/c1-6-3-2-4-7(6,11-9)12-10-5(6)8/h9H,2-4H2,1H3/t6-,7+/m0/s1. The molecule has 5 heteroatoms. The van der Waals surface area contributed by atoms with Crippen LogP contribution in [-0.4, -0.2) is 17.0 Å². The van der Waals surface area contributed by atoms with Gasteiger partial charge in [-0.05, 0) is 19.8 Å². The van der Waals surface area contributed by atoms with Crippen LogP contribution in [0, 0.1) is 5.41 Å². The van der Waals surface area contributed by atoms with Crippen molar-refractivity contribution >= 4 is 5.97 Å². The topological polar surface area (TPSA) is 65.0 Å². The number of rotatable bonds is 1. The van der Waals surface area contributed by atoms with Gasteiger partial charge < -0.3 is 0 Å². The van der Waals surface area contributed by atoms with Crippen LogP contribution in [0.25, 0.3) is 0 Å². The van der Waals surface area contributed by atoms with Gasteiger partial charge in [0.1, 0.15) is 5.41 Å². The number of fused-ring (bicyclic) bond motifs is 1. The zero-order chi connectivity index (χ0) is 8.82. The van der Waals surface area contributed by atoms with Gasteiger partial charge in [0.05, 0.1) is 0 Å². The van der Waals surface area contributed by atoms with Crippen molar-refractivity contribution in [2.45, 2.75) is 32.0 Å². The summed E-state index contributed by atoms with van der Waals surface area (Å²) in [5, 5.41) is 8.65. The molecule has 2 fully saturated rings. The van der Waals surface area contributed by atoms with Crippen molar-refractivity contribution in [2.75, 3.05) is 0 Å². The Morgan fingerprint density at radius 1 is 1.58 bits per heavy atom. The lowest BCUT2D eigenvalue weighted by molar-refractivity contribution is -0.469. The van der Waals surface area contributed by atoms with Crippen LogP contribution in [-0.2, 0) is 19.5 Å². The Labute approximate surface area is 69.1 Å². The molecule has 2 atom stereocenters. The molecule has 5 nitrogen and oxygen atoms in total. The molecule has 2 aliphatic rings. The highest BCUT2D eigenvalue weighted by Gasteiger charge is 2.67. The fourth-order valence-electron chi connectivity index (χ4n) is 1.89. The lowest BCUT2D eigenvalue weighted by Crippen LogP contribution is -2.43. The molecular weight excluding hydrogens is 164 g/mol. The van der Waals surface area contributed by atoms with Gasteiger partial charge in [-0.3, -0.25) is 4.89 Å². The van der Waals surface area contributed by atoms with Crippen molar-refractivity contribution < 1.29 is 24.7 Å². The summed E-state index contributed by atoms with van der Waals surface area (Å²) in [6.45, 7) is 1.67. The molecule has 12 heavy (non-hydrogen) atoms. The van der Waals surface area contributed by atoms with Gasteiger partial charge in [-0.15, -0.1) is 4.89 Å². The third kappa shape index (κ3) is 0.663. The molecule has 0 aromatic rings. The summed E-state index contributed by atoms with van der Waals surface area (Å²) >= 11 is 0. The molecule has 1 N–H and O–H groups in total. The average Bonchev–Trinajstić information content (AvgIpc) is 2.50. The zero-order valence-electron chi connectivity index (χ0n) is 6.70. The lowest BCUT2D eigenvalue weighted by Gasteiger charge is -2.25. The first-order valence-electron chi connectivity index (χ1n) is 3.87. The second-order valence-electron chi connectivity index (χ2n) is 3.48. The molecule has 68 valence electrons. The van der Waals surface area contributed by atoms with Crippen molar-refractivity contribution in [1.82, 2.24) is 0 Å². The number of carbonyl (C=O) groups excluding carboxylic acids is 1. The Bertz CT molecular complexity index is 228. The Morgan fingerprint density at radius 2 is 2.33 bits per heavy atom. The smallest absolute Gasteiger partial charge is 0.294 e. The van der Waals surface area contributed by atoms with Crippen molar-refractivity contribution in [1.29, 1.82) is 0 Å². The molecule has 0 bridgehead atoms. The van der Waals surface area contributed by atoms with Crippen molar-refractivity contribution in [3.63, 3.8) is 0 Å². The molecular formula is C7H10O5. The molecule has 1 aliphatic heterocycles. The van der Waals surface area contributed by atoms with Crippen LogP contribution >= 0.6 is 0 Å². The van der Waals surface area contributed by atoms with Crippen LogP contribution in [0.2, 0.25) is 0 Å². The molecule has 0 unspecified atom stereocenters. The average molecular weight is 174 g/mol. The van der Waals surface area contributed by atoms with Gasteiger partial charge in [-0.25, -0.2) is 10.1 Å². The van der Waals surface area contributed by atoms with Crippen molar-refractivity contribution in [3.05, 3.63) is 0 Å². The fourth-order valence-corrected chi connectivity index (χ4v) is 1.89. The van der Waals surface area contributed by atoms with Gasteiger partial charge in [-0.2, -0.15) is 4.89 Å². The van der Waals surface area contributed by atoms with E-state index in [1.165, 1.54) is 0 Å². The Hall–Kier alpha value is -0.650. The molecule has 1 heterocycles. The minimum atomic E-state index is -1.26. The van der Waals surface area contributed by atoms with E-state index < -0.39 is 17.2 Å². The summed E-state index contributed by atoms with van der Waals surface area (Å²) in [4.78, 5) is 24.5. The third-order valence-electron chi connectivity index (χ3n) is 2.87. The SMILES string of the molecule is C[C@@]12CCC[C@@]1(OO)OOC2=O. The van der Waals surface area contributed by atoms with Crippen LogP contribution < -0.4 is 0 Å². The predicted octanol–water partition coefficient (Wildman–Crippen LogP) is 0.851. The summed E-state index contributed by atoms with van der Waals surface area (Å²) in [5.74, 6) is -1.72. The summed E-state index contributed by atoms with van der Waals surface area (Å²) in [6.07, 6.45) is 1.88. The largest absolute Gasteiger partial charge is 0.354 e. The van der Waals surface area contributed by atoms with Crippen molar-refractivity contribution in [3.8, 4) is 0 Å². The quantitative estimate of drug-likeness (QED) is 0.471. The van der Waals surface area contributed by atoms with E-state index in [1.807, 2.05) is 0 Å². The fraction of sp³-hybridized carbons (Fsp3) is 0.857. The maximum Gasteiger partial charge on any atom is 0.354 e. The van der Waals surface area contributed by atoms with E-state index in [4.69, 9.17) is 10.1 Å². The molecule has 0 spiro atoms. The molecule has 0 aromatic carbocycles. The van der Waals surface area contributed by atoms with Crippen LogP contribution in [0.5, 0.6) is 0 Å². The Morgan fingerprint density at radius 3 is 2.92 bits per heavy atom. The minimum absolute atomic E-state index is 0.464. The van der Waals surface area contributed by atoms with Crippen LogP contribution in [0.4, 0.5) is 0 Å². The molecule has 2 rings (SSSR count). The minimum Gasteiger partial charge on any atom is -0.294 e. The van der Waals surface area contributed by atoms with Gasteiger partial charge in [0.15, 0.2) is 0 Å². The van der Waals surface area contributed by atoms with E-state index in [9.17, 15) is 4.79 Å². The highest BCUT2D eigenvalue weighted by Crippen LogP contribution is 2.53. The third-order valence-corrected chi connectivity index (χ3v) is 2.87. The van der Waals surface area contributed by atoms with Crippen LogP contribution in [0.3, 0.4) is 0 Å². The molecule has 1 saturated carbocycles. The van der Waals surface area contributed by atoms with E-state index in [-0.39, 0.29) is 0 Å². The van der Waals surface area contributed by atoms with E-state index >= 15 is 0 Å². The number of hydrogen-bond donors (Lipinski definition) is 1. The first-order chi connectivity index (χ1) is 5.65. The highest BCUT2D eigenvalue weighted by atomic mass is 17.3. The van der Waals surface area contributed by atoms with Gasteiger partial charge in [0.25, 0.3) is 5.79 Å². The second-order valence-corrected chi connectivity index (χ2v) is 3.48. The van der Waals surface area contributed by atoms with Gasteiger partial charge in [0.2, 0.25) is 0 Å². The number of hydrogen-bond acceptors (Lipinski definition) is 5. The first-order valence-corrected chi connectivity index (χ1v) is 3.87. The molecule has 0 amide bonds. The number of carbonyl (C=O) groups is 1. The summed E-state index contributed by atoms with van der Waals surface area (Å²) in [6, 6.07) is 0.